The third-order valence-electron chi connectivity index (χ3n) is 4.24. The molecule has 22 heavy (non-hydrogen) atoms. The largest absolute Gasteiger partial charge is 0.372 e. The van der Waals surface area contributed by atoms with Gasteiger partial charge in [0, 0.05) is 31.7 Å². The molecule has 0 unspecified atom stereocenters. The number of aromatic nitrogens is 1. The molecule has 3 heteroatoms. The topological polar surface area (TPSA) is 19.4 Å². The van der Waals surface area contributed by atoms with Gasteiger partial charge in [-0.15, -0.1) is 0 Å². The first-order valence-electron chi connectivity index (χ1n) is 8.21. The molecule has 0 saturated heterocycles. The van der Waals surface area contributed by atoms with Crippen LogP contribution < -0.4 is 4.90 Å². The van der Waals surface area contributed by atoms with Crippen LogP contribution in [0.25, 0.3) is 10.9 Å². The Morgan fingerprint density at radius 1 is 1.09 bits per heavy atom. The first-order valence-corrected chi connectivity index (χ1v) is 8.21. The van der Waals surface area contributed by atoms with E-state index in [-0.39, 0.29) is 0 Å². The van der Waals surface area contributed by atoms with E-state index in [4.69, 9.17) is 4.98 Å². The summed E-state index contributed by atoms with van der Waals surface area (Å²) in [5, 5.41) is 1.31. The maximum absolute atomic E-state index is 4.69. The summed E-state index contributed by atoms with van der Waals surface area (Å²) in [6.45, 7) is 8.77. The second-order valence-electron chi connectivity index (χ2n) is 6.64. The highest BCUT2D eigenvalue weighted by atomic mass is 15.2. The molecule has 3 nitrogen and oxygen atoms in total. The summed E-state index contributed by atoms with van der Waals surface area (Å²) in [5.74, 6) is 0.512. The Morgan fingerprint density at radius 2 is 1.82 bits per heavy atom. The summed E-state index contributed by atoms with van der Waals surface area (Å²) in [6, 6.07) is 6.78. The van der Waals surface area contributed by atoms with E-state index >= 15 is 0 Å². The lowest BCUT2D eigenvalue weighted by Crippen LogP contribution is -2.28. The van der Waals surface area contributed by atoms with E-state index in [9.17, 15) is 0 Å². The lowest BCUT2D eigenvalue weighted by molar-refractivity contribution is 0.416. The summed E-state index contributed by atoms with van der Waals surface area (Å²) >= 11 is 0. The van der Waals surface area contributed by atoms with Gasteiger partial charge in [0.25, 0.3) is 0 Å². The predicted molar refractivity (Wildman–Crippen MR) is 97.0 cm³/mol. The zero-order chi connectivity index (χ0) is 16.3. The predicted octanol–water partition coefficient (Wildman–Crippen LogP) is 3.92. The van der Waals surface area contributed by atoms with Crippen LogP contribution in [0.4, 0.5) is 5.69 Å². The lowest BCUT2D eigenvalue weighted by atomic mass is 9.96. The van der Waals surface area contributed by atoms with E-state index in [1.165, 1.54) is 22.2 Å². The van der Waals surface area contributed by atoms with Gasteiger partial charge in [-0.25, -0.2) is 0 Å². The fraction of sp³-hybridized carbons (Fsp3) is 0.526. The number of pyridine rings is 1. The molecular weight excluding hydrogens is 270 g/mol. The average molecular weight is 299 g/mol. The minimum absolute atomic E-state index is 0.512. The third-order valence-corrected chi connectivity index (χ3v) is 4.24. The maximum atomic E-state index is 4.69. The van der Waals surface area contributed by atoms with E-state index in [0.29, 0.717) is 5.92 Å². The number of benzene rings is 1. The highest BCUT2D eigenvalue weighted by molar-refractivity contribution is 5.94. The van der Waals surface area contributed by atoms with Gasteiger partial charge in [-0.05, 0) is 55.8 Å². The molecule has 0 N–H and O–H groups in total. The summed E-state index contributed by atoms with van der Waals surface area (Å²) in [6.07, 6.45) is 3.00. The SMILES string of the molecule is CCc1cc(N(C)CCN(C)C)c2nccc(C(C)C)c2c1. The monoisotopic (exact) mass is 299 g/mol. The smallest absolute Gasteiger partial charge is 0.0938 e. The quantitative estimate of drug-likeness (QED) is 0.806. The van der Waals surface area contributed by atoms with Crippen LogP contribution in [0.2, 0.25) is 0 Å². The van der Waals surface area contributed by atoms with Gasteiger partial charge in [-0.1, -0.05) is 20.8 Å². The Morgan fingerprint density at radius 3 is 2.41 bits per heavy atom. The number of hydrogen-bond donors (Lipinski definition) is 0. The second-order valence-corrected chi connectivity index (χ2v) is 6.64. The normalized spacial score (nSPS) is 11.6. The molecule has 0 bridgehead atoms. The van der Waals surface area contributed by atoms with E-state index in [1.54, 1.807) is 0 Å². The molecule has 2 rings (SSSR count). The van der Waals surface area contributed by atoms with Crippen molar-refractivity contribution in [3.05, 3.63) is 35.5 Å². The summed E-state index contributed by atoms with van der Waals surface area (Å²) in [5.41, 5.74) is 5.15. The Balaban J connectivity index is 2.55. The number of likely N-dealkylation sites (N-methyl/N-ethyl adjacent to an activating group) is 2. The molecule has 1 aromatic carbocycles. The van der Waals surface area contributed by atoms with Gasteiger partial charge in [-0.2, -0.15) is 0 Å². The van der Waals surface area contributed by atoms with Crippen LogP contribution in [0.15, 0.2) is 24.4 Å². The van der Waals surface area contributed by atoms with Crippen molar-refractivity contribution >= 4 is 16.6 Å². The van der Waals surface area contributed by atoms with Crippen LogP contribution >= 0.6 is 0 Å². The number of aryl methyl sites for hydroxylation is 1. The first-order chi connectivity index (χ1) is 10.4. The van der Waals surface area contributed by atoms with E-state index in [1.807, 2.05) is 6.20 Å². The molecule has 0 aliphatic rings. The standard InChI is InChI=1S/C19H29N3/c1-7-15-12-17-16(14(2)3)8-9-20-19(17)18(13-15)22(6)11-10-21(4)5/h8-9,12-14H,7,10-11H2,1-6H3. The van der Waals surface area contributed by atoms with Gasteiger partial charge >= 0.3 is 0 Å². The van der Waals surface area contributed by atoms with Crippen molar-refractivity contribution in [3.8, 4) is 0 Å². The van der Waals surface area contributed by atoms with Crippen LogP contribution in [0.5, 0.6) is 0 Å². The molecule has 0 atom stereocenters. The highest BCUT2D eigenvalue weighted by Crippen LogP contribution is 2.31. The number of rotatable bonds is 6. The van der Waals surface area contributed by atoms with Gasteiger partial charge in [0.05, 0.1) is 11.2 Å². The van der Waals surface area contributed by atoms with Crippen molar-refractivity contribution in [2.75, 3.05) is 39.1 Å². The van der Waals surface area contributed by atoms with Crippen LogP contribution in [0.1, 0.15) is 37.8 Å². The number of hydrogen-bond acceptors (Lipinski definition) is 3. The van der Waals surface area contributed by atoms with Crippen molar-refractivity contribution < 1.29 is 0 Å². The van der Waals surface area contributed by atoms with E-state index in [2.05, 4.69) is 69.9 Å². The number of fused-ring (bicyclic) bond motifs is 1. The number of anilines is 1. The molecule has 0 aliphatic carbocycles. The van der Waals surface area contributed by atoms with Gasteiger partial charge in [-0.3, -0.25) is 4.98 Å². The summed E-state index contributed by atoms with van der Waals surface area (Å²) < 4.78 is 0. The average Bonchev–Trinajstić information content (AvgIpc) is 2.50. The fourth-order valence-corrected chi connectivity index (χ4v) is 2.78. The lowest BCUT2D eigenvalue weighted by Gasteiger charge is -2.24. The summed E-state index contributed by atoms with van der Waals surface area (Å²) in [7, 11) is 6.40. The highest BCUT2D eigenvalue weighted by Gasteiger charge is 2.13. The van der Waals surface area contributed by atoms with Crippen LogP contribution in [0.3, 0.4) is 0 Å². The van der Waals surface area contributed by atoms with Gasteiger partial charge in [0.15, 0.2) is 0 Å². The molecular formula is C19H29N3. The van der Waals surface area contributed by atoms with Crippen molar-refractivity contribution in [2.24, 2.45) is 0 Å². The van der Waals surface area contributed by atoms with E-state index in [0.717, 1.165) is 25.0 Å². The van der Waals surface area contributed by atoms with Crippen LogP contribution in [-0.4, -0.2) is 44.1 Å². The maximum Gasteiger partial charge on any atom is 0.0938 e. The molecule has 0 aliphatic heterocycles. The Labute approximate surface area is 135 Å². The molecule has 0 radical (unpaired) electrons. The molecule has 0 fully saturated rings. The molecule has 0 spiro atoms. The van der Waals surface area contributed by atoms with Crippen molar-refractivity contribution in [1.29, 1.82) is 0 Å². The third kappa shape index (κ3) is 3.58. The molecule has 1 aromatic heterocycles. The van der Waals surface area contributed by atoms with Crippen LogP contribution in [0, 0.1) is 0 Å². The van der Waals surface area contributed by atoms with Crippen molar-refractivity contribution in [3.63, 3.8) is 0 Å². The first kappa shape index (κ1) is 16.8. The molecule has 0 saturated carbocycles. The van der Waals surface area contributed by atoms with Crippen molar-refractivity contribution in [2.45, 2.75) is 33.1 Å². The Hall–Kier alpha value is -1.61. The molecule has 2 aromatic rings. The van der Waals surface area contributed by atoms with Gasteiger partial charge in [0.2, 0.25) is 0 Å². The fourth-order valence-electron chi connectivity index (χ4n) is 2.78. The van der Waals surface area contributed by atoms with Crippen LogP contribution in [-0.2, 0) is 6.42 Å². The van der Waals surface area contributed by atoms with Gasteiger partial charge in [0.1, 0.15) is 0 Å². The van der Waals surface area contributed by atoms with E-state index < -0.39 is 0 Å². The minimum atomic E-state index is 0.512. The Kier molecular flexibility index (Phi) is 5.41. The molecule has 0 amide bonds. The van der Waals surface area contributed by atoms with Gasteiger partial charge < -0.3 is 9.80 Å². The minimum Gasteiger partial charge on any atom is -0.372 e. The molecule has 1 heterocycles. The Bertz CT molecular complexity index is 632. The zero-order valence-electron chi connectivity index (χ0n) is 14.8. The van der Waals surface area contributed by atoms with Crippen molar-refractivity contribution in [1.82, 2.24) is 9.88 Å². The second kappa shape index (κ2) is 7.10. The molecule has 120 valence electrons. The zero-order valence-corrected chi connectivity index (χ0v) is 14.8. The summed E-state index contributed by atoms with van der Waals surface area (Å²) in [4.78, 5) is 9.24. The number of nitrogens with zero attached hydrogens (tertiary/aromatic N) is 3.